The molecule has 0 saturated heterocycles. The van der Waals surface area contributed by atoms with Crippen LogP contribution in [0.1, 0.15) is 104 Å². The Kier molecular flexibility index (Phi) is 30.9. The topological polar surface area (TPSA) is 99.1 Å². The van der Waals surface area contributed by atoms with Gasteiger partial charge in [-0.05, 0) is 70.6 Å². The number of likely N-dealkylation sites (N-methyl/N-ethyl adjacent to an activating group) is 1. The van der Waals surface area contributed by atoms with Crippen LogP contribution in [0.15, 0.2) is 97.2 Å². The standard InChI is InChI=1S/C43H67NO7/c1-6-8-10-12-14-16-18-19-20-21-22-24-26-28-30-32-34-42(46)51-39(37-49-36-35-40(43(47)48)44(3,4)5)38-50-41(45)33-31-29-27-25-23-17-15-13-11-9-7-2/h8-11,14-17,19-20,22,24-25,27-28,30,39-40H,6-7,12-13,18,21,23,26,29,31-38H2,1-5H3/p+1/b10-8+,11-9+,16-14+,17-15+,20-19+,24-22+,27-25+,30-28+. The number of esters is 2. The monoisotopic (exact) mass is 710 g/mol. The van der Waals surface area contributed by atoms with Gasteiger partial charge in [-0.15, -0.1) is 0 Å². The zero-order chi connectivity index (χ0) is 37.8. The van der Waals surface area contributed by atoms with Crippen LogP contribution in [0.3, 0.4) is 0 Å². The Balaban J connectivity index is 4.65. The second kappa shape index (κ2) is 33.4. The summed E-state index contributed by atoms with van der Waals surface area (Å²) in [6, 6.07) is -0.639. The van der Waals surface area contributed by atoms with Gasteiger partial charge in [0.1, 0.15) is 6.61 Å². The van der Waals surface area contributed by atoms with Gasteiger partial charge in [0.05, 0.1) is 34.4 Å². The van der Waals surface area contributed by atoms with Crippen molar-refractivity contribution in [1.82, 2.24) is 0 Å². The van der Waals surface area contributed by atoms with Crippen LogP contribution in [0.5, 0.6) is 0 Å². The zero-order valence-corrected chi connectivity index (χ0v) is 32.3. The minimum absolute atomic E-state index is 0.00859. The normalized spacial score (nSPS) is 14.1. The lowest BCUT2D eigenvalue weighted by Gasteiger charge is -2.31. The predicted octanol–water partition coefficient (Wildman–Crippen LogP) is 9.57. The summed E-state index contributed by atoms with van der Waals surface area (Å²) >= 11 is 0. The summed E-state index contributed by atoms with van der Waals surface area (Å²) in [7, 11) is 5.46. The van der Waals surface area contributed by atoms with Crippen molar-refractivity contribution in [3.63, 3.8) is 0 Å². The lowest BCUT2D eigenvalue weighted by molar-refractivity contribution is -0.887. The molecule has 0 aromatic carbocycles. The minimum Gasteiger partial charge on any atom is -0.477 e. The van der Waals surface area contributed by atoms with Gasteiger partial charge in [-0.1, -0.05) is 111 Å². The van der Waals surface area contributed by atoms with E-state index >= 15 is 0 Å². The summed E-state index contributed by atoms with van der Waals surface area (Å²) in [5, 5.41) is 9.57. The average molecular weight is 711 g/mol. The largest absolute Gasteiger partial charge is 0.477 e. The summed E-state index contributed by atoms with van der Waals surface area (Å²) in [6.45, 7) is 4.32. The van der Waals surface area contributed by atoms with Crippen LogP contribution in [0, 0.1) is 0 Å². The molecule has 0 heterocycles. The SMILES string of the molecule is CC/C=C/C/C=C/C/C=C/C/C=C/C/C=C/CCC(=O)OC(COCCC(C(=O)O)[N+](C)(C)C)COC(=O)CCC/C=C/C/C=C/C/C=C/CC. The molecule has 0 saturated carbocycles. The quantitative estimate of drug-likeness (QED) is 0.0331. The summed E-state index contributed by atoms with van der Waals surface area (Å²) in [5.74, 6) is -1.67. The Bertz CT molecular complexity index is 1150. The maximum Gasteiger partial charge on any atom is 0.362 e. The molecule has 286 valence electrons. The third-order valence-corrected chi connectivity index (χ3v) is 7.49. The number of hydrogen-bond donors (Lipinski definition) is 1. The number of unbranched alkanes of at least 4 members (excludes halogenated alkanes) is 1. The number of nitrogens with zero attached hydrogens (tertiary/aromatic N) is 1. The molecule has 0 fully saturated rings. The molecule has 2 unspecified atom stereocenters. The van der Waals surface area contributed by atoms with Crippen LogP contribution in [0.2, 0.25) is 0 Å². The molecule has 0 radical (unpaired) electrons. The first-order valence-corrected chi connectivity index (χ1v) is 18.8. The highest BCUT2D eigenvalue weighted by Crippen LogP contribution is 2.10. The van der Waals surface area contributed by atoms with E-state index in [9.17, 15) is 19.5 Å². The number of ether oxygens (including phenoxy) is 3. The van der Waals surface area contributed by atoms with Crippen LogP contribution in [-0.4, -0.2) is 80.6 Å². The molecule has 8 nitrogen and oxygen atoms in total. The number of allylic oxidation sites excluding steroid dienone is 16. The molecule has 0 aliphatic carbocycles. The van der Waals surface area contributed by atoms with Crippen molar-refractivity contribution in [2.75, 3.05) is 41.0 Å². The van der Waals surface area contributed by atoms with Crippen LogP contribution in [0.25, 0.3) is 0 Å². The molecule has 8 heteroatoms. The molecule has 0 amide bonds. The van der Waals surface area contributed by atoms with Gasteiger partial charge < -0.3 is 23.8 Å². The molecular weight excluding hydrogens is 642 g/mol. The number of hydrogen-bond acceptors (Lipinski definition) is 6. The Labute approximate surface area is 309 Å². The highest BCUT2D eigenvalue weighted by atomic mass is 16.6. The van der Waals surface area contributed by atoms with Crippen molar-refractivity contribution in [3.05, 3.63) is 97.2 Å². The fourth-order valence-electron chi connectivity index (χ4n) is 4.63. The number of carbonyl (C=O) groups excluding carboxylic acids is 2. The summed E-state index contributed by atoms with van der Waals surface area (Å²) in [6.07, 6.45) is 43.4. The van der Waals surface area contributed by atoms with E-state index in [0.717, 1.165) is 57.8 Å². The maximum absolute atomic E-state index is 12.6. The molecule has 2 atom stereocenters. The second-order valence-corrected chi connectivity index (χ2v) is 13.1. The highest BCUT2D eigenvalue weighted by Gasteiger charge is 2.31. The van der Waals surface area contributed by atoms with Gasteiger partial charge in [0.2, 0.25) is 0 Å². The van der Waals surface area contributed by atoms with Gasteiger partial charge in [-0.25, -0.2) is 4.79 Å². The average Bonchev–Trinajstić information content (AvgIpc) is 3.08. The van der Waals surface area contributed by atoms with Gasteiger partial charge in [-0.3, -0.25) is 9.59 Å². The van der Waals surface area contributed by atoms with E-state index in [2.05, 4.69) is 98.9 Å². The van der Waals surface area contributed by atoms with Gasteiger partial charge in [0, 0.05) is 19.3 Å². The number of aliphatic carboxylic acids is 1. The summed E-state index contributed by atoms with van der Waals surface area (Å²) in [4.78, 5) is 36.7. The molecule has 1 N–H and O–H groups in total. The number of carboxylic acid groups (broad SMARTS) is 1. The maximum atomic E-state index is 12.6. The molecule has 0 aliphatic heterocycles. The highest BCUT2D eigenvalue weighted by molar-refractivity contribution is 5.72. The van der Waals surface area contributed by atoms with Gasteiger partial charge in [0.15, 0.2) is 12.1 Å². The Hall–Kier alpha value is -3.75. The van der Waals surface area contributed by atoms with E-state index in [1.165, 1.54) is 0 Å². The fraction of sp³-hybridized carbons (Fsp3) is 0.558. The molecule has 0 bridgehead atoms. The molecule has 0 aliphatic rings. The van der Waals surface area contributed by atoms with Crippen LogP contribution in [0.4, 0.5) is 0 Å². The van der Waals surface area contributed by atoms with E-state index < -0.39 is 24.1 Å². The third-order valence-electron chi connectivity index (χ3n) is 7.49. The molecular formula is C43H68NO7+. The molecule has 0 aromatic heterocycles. The Morgan fingerprint density at radius 1 is 0.588 bits per heavy atom. The van der Waals surface area contributed by atoms with Crippen molar-refractivity contribution in [2.45, 2.75) is 116 Å². The minimum atomic E-state index is -0.899. The first kappa shape index (κ1) is 47.2. The number of carbonyl (C=O) groups is 3. The van der Waals surface area contributed by atoms with Crippen LogP contribution >= 0.6 is 0 Å². The van der Waals surface area contributed by atoms with Gasteiger partial charge in [0.25, 0.3) is 0 Å². The lowest BCUT2D eigenvalue weighted by atomic mass is 10.1. The van der Waals surface area contributed by atoms with Crippen molar-refractivity contribution in [3.8, 4) is 0 Å². The Morgan fingerprint density at radius 2 is 1.04 bits per heavy atom. The van der Waals surface area contributed by atoms with Gasteiger partial charge in [-0.2, -0.15) is 0 Å². The number of rotatable bonds is 31. The zero-order valence-electron chi connectivity index (χ0n) is 32.3. The van der Waals surface area contributed by atoms with E-state index in [0.29, 0.717) is 19.3 Å². The van der Waals surface area contributed by atoms with Crippen LogP contribution < -0.4 is 0 Å². The number of carboxylic acids is 1. The van der Waals surface area contributed by atoms with Crippen molar-refractivity contribution in [2.24, 2.45) is 0 Å². The second-order valence-electron chi connectivity index (χ2n) is 13.1. The first-order chi connectivity index (χ1) is 24.6. The van der Waals surface area contributed by atoms with E-state index in [1.807, 2.05) is 33.3 Å². The fourth-order valence-corrected chi connectivity index (χ4v) is 4.63. The molecule has 0 spiro atoms. The Morgan fingerprint density at radius 3 is 1.49 bits per heavy atom. The summed E-state index contributed by atoms with van der Waals surface area (Å²) < 4.78 is 17.0. The molecule has 0 rings (SSSR count). The van der Waals surface area contributed by atoms with E-state index in [-0.39, 0.29) is 43.1 Å². The number of quaternary nitrogens is 1. The van der Waals surface area contributed by atoms with Crippen molar-refractivity contribution in [1.29, 1.82) is 0 Å². The van der Waals surface area contributed by atoms with Crippen molar-refractivity contribution >= 4 is 17.9 Å². The van der Waals surface area contributed by atoms with Gasteiger partial charge >= 0.3 is 17.9 Å². The lowest BCUT2D eigenvalue weighted by Crippen LogP contribution is -2.50. The van der Waals surface area contributed by atoms with E-state index in [4.69, 9.17) is 14.2 Å². The van der Waals surface area contributed by atoms with Crippen molar-refractivity contribution < 1.29 is 38.2 Å². The molecule has 0 aromatic rings. The third kappa shape index (κ3) is 31.9. The van der Waals surface area contributed by atoms with Crippen LogP contribution in [-0.2, 0) is 28.6 Å². The predicted molar refractivity (Wildman–Crippen MR) is 210 cm³/mol. The summed E-state index contributed by atoms with van der Waals surface area (Å²) in [5.41, 5.74) is 0. The van der Waals surface area contributed by atoms with E-state index in [1.54, 1.807) is 0 Å². The smallest absolute Gasteiger partial charge is 0.362 e. The first-order valence-electron chi connectivity index (χ1n) is 18.8. The molecule has 51 heavy (non-hydrogen) atoms.